The number of allylic oxidation sites excluding steroid dienone is 2. The first kappa shape index (κ1) is 22.4. The van der Waals surface area contributed by atoms with E-state index in [1.54, 1.807) is 0 Å². The smallest absolute Gasteiger partial charge is 0.145 e. The monoisotopic (exact) mass is 296 g/mol. The maximum Gasteiger partial charge on any atom is 0.145 e. The van der Waals surface area contributed by atoms with E-state index < -0.39 is 0 Å². The molecule has 0 aliphatic rings. The van der Waals surface area contributed by atoms with Gasteiger partial charge in [0, 0.05) is 0 Å². The molecule has 124 valence electrons. The molecule has 0 saturated carbocycles. The van der Waals surface area contributed by atoms with Crippen LogP contribution in [-0.2, 0) is 9.59 Å². The summed E-state index contributed by atoms with van der Waals surface area (Å²) in [4.78, 5) is 19.7. The second-order valence-electron chi connectivity index (χ2n) is 5.50. The number of hydrogen-bond donors (Lipinski definition) is 0. The van der Waals surface area contributed by atoms with Crippen molar-refractivity contribution in [1.82, 2.24) is 0 Å². The Morgan fingerprint density at radius 1 is 0.762 bits per heavy atom. The Hall–Kier alpha value is -0.920. The zero-order valence-corrected chi connectivity index (χ0v) is 14.5. The van der Waals surface area contributed by atoms with E-state index in [4.69, 9.17) is 4.79 Å². The lowest BCUT2D eigenvalue weighted by molar-refractivity contribution is -0.106. The molecule has 0 rings (SSSR count). The minimum atomic E-state index is 0.750. The van der Waals surface area contributed by atoms with Crippen LogP contribution in [0.5, 0.6) is 0 Å². The fourth-order valence-electron chi connectivity index (χ4n) is 2.18. The van der Waals surface area contributed by atoms with E-state index in [0.29, 0.717) is 0 Å². The number of carbonyl (C=O) groups is 2. The third-order valence-corrected chi connectivity index (χ3v) is 3.43. The normalized spacial score (nSPS) is 10.7. The maximum atomic E-state index is 10.9. The van der Waals surface area contributed by atoms with Crippen molar-refractivity contribution in [2.45, 2.75) is 97.8 Å². The minimum absolute atomic E-state index is 0.750. The summed E-state index contributed by atoms with van der Waals surface area (Å²) in [7, 11) is 0. The molecule has 0 radical (unpaired) electrons. The third kappa shape index (κ3) is 21.5. The summed E-state index contributed by atoms with van der Waals surface area (Å²) in [6.07, 6.45) is 19.0. The van der Waals surface area contributed by atoms with Gasteiger partial charge in [0.2, 0.25) is 0 Å². The predicted octanol–water partition coefficient (Wildman–Crippen LogP) is 6.04. The molecule has 2 heteroatoms. The highest BCUT2D eigenvalue weighted by atomic mass is 16.1. The van der Waals surface area contributed by atoms with Gasteiger partial charge in [0.05, 0.1) is 0 Å². The molecule has 0 aromatic carbocycles. The van der Waals surface area contributed by atoms with Crippen molar-refractivity contribution in [3.05, 3.63) is 11.6 Å². The molecular weight excluding hydrogens is 260 g/mol. The van der Waals surface area contributed by atoms with Crippen molar-refractivity contribution in [3.63, 3.8) is 0 Å². The molecule has 0 aromatic heterocycles. The lowest BCUT2D eigenvalue weighted by Gasteiger charge is -2.01. The van der Waals surface area contributed by atoms with Gasteiger partial charge < -0.3 is 4.79 Å². The molecule has 0 N–H and O–H groups in total. The van der Waals surface area contributed by atoms with Crippen LogP contribution in [0.4, 0.5) is 0 Å². The molecule has 2 nitrogen and oxygen atoms in total. The van der Waals surface area contributed by atoms with Crippen LogP contribution in [0.1, 0.15) is 97.8 Å². The molecule has 0 aromatic rings. The van der Waals surface area contributed by atoms with Crippen LogP contribution < -0.4 is 0 Å². The summed E-state index contributed by atoms with van der Waals surface area (Å²) in [6, 6.07) is 0. The van der Waals surface area contributed by atoms with Crippen LogP contribution in [0.15, 0.2) is 11.6 Å². The summed E-state index contributed by atoms with van der Waals surface area (Å²) >= 11 is 0. The van der Waals surface area contributed by atoms with E-state index in [0.717, 1.165) is 31.0 Å². The fraction of sp³-hybridized carbons (Fsp3) is 0.789. The van der Waals surface area contributed by atoms with Crippen molar-refractivity contribution in [1.29, 1.82) is 0 Å². The number of unbranched alkanes of at least 4 members (excludes halogenated alkanes) is 9. The summed E-state index contributed by atoms with van der Waals surface area (Å²) in [5, 5.41) is 0. The highest BCUT2D eigenvalue weighted by molar-refractivity contribution is 5.72. The number of rotatable bonds is 13. The number of aldehydes is 2. The van der Waals surface area contributed by atoms with Crippen molar-refractivity contribution in [2.24, 2.45) is 0 Å². The van der Waals surface area contributed by atoms with E-state index in [1.165, 1.54) is 71.1 Å². The van der Waals surface area contributed by atoms with Crippen molar-refractivity contribution in [3.8, 4) is 0 Å². The van der Waals surface area contributed by atoms with E-state index in [1.807, 2.05) is 0 Å². The molecule has 0 fully saturated rings. The summed E-state index contributed by atoms with van der Waals surface area (Å²) < 4.78 is 0. The zero-order valence-electron chi connectivity index (χ0n) is 14.5. The van der Waals surface area contributed by atoms with Crippen molar-refractivity contribution < 1.29 is 9.59 Å². The molecule has 0 bridgehead atoms. The Balaban J connectivity index is 0. The van der Waals surface area contributed by atoms with Crippen LogP contribution in [0, 0.1) is 0 Å². The second-order valence-corrected chi connectivity index (χ2v) is 5.50. The zero-order chi connectivity index (χ0) is 16.2. The van der Waals surface area contributed by atoms with E-state index in [-0.39, 0.29) is 0 Å². The Morgan fingerprint density at radius 3 is 1.71 bits per heavy atom. The molecular formula is C19H36O2. The van der Waals surface area contributed by atoms with Crippen LogP contribution >= 0.6 is 0 Å². The molecule has 0 unspecified atom stereocenters. The molecule has 21 heavy (non-hydrogen) atoms. The predicted molar refractivity (Wildman–Crippen MR) is 92.6 cm³/mol. The average Bonchev–Trinajstić information content (AvgIpc) is 2.49. The number of carbonyl (C=O) groups excluding carboxylic acids is 2. The SMILES string of the molecule is CC=O.CCCCCCC/C=C(/C=O)CCCCCCC. The first-order valence-electron chi connectivity index (χ1n) is 8.80. The minimum Gasteiger partial charge on any atom is -0.304 e. The van der Waals surface area contributed by atoms with Gasteiger partial charge in [-0.3, -0.25) is 4.79 Å². The molecule has 0 saturated heterocycles. The molecule has 0 heterocycles. The van der Waals surface area contributed by atoms with Gasteiger partial charge in [0.15, 0.2) is 0 Å². The summed E-state index contributed by atoms with van der Waals surface area (Å²) in [6.45, 7) is 5.91. The molecule has 0 amide bonds. The standard InChI is InChI=1S/C17H32O.C2H4O/c1-3-5-7-9-11-13-15-17(16-18)14-12-10-8-6-4-2;1-2-3/h15-16H,3-14H2,1-2H3;2H,1H3/b17-15+;. The van der Waals surface area contributed by atoms with Gasteiger partial charge in [-0.1, -0.05) is 71.3 Å². The second kappa shape index (κ2) is 21.4. The van der Waals surface area contributed by atoms with Gasteiger partial charge in [-0.2, -0.15) is 0 Å². The Labute approximate surface area is 132 Å². The van der Waals surface area contributed by atoms with Gasteiger partial charge >= 0.3 is 0 Å². The van der Waals surface area contributed by atoms with Crippen LogP contribution in [0.25, 0.3) is 0 Å². The molecule has 0 aliphatic carbocycles. The van der Waals surface area contributed by atoms with E-state index in [9.17, 15) is 4.79 Å². The van der Waals surface area contributed by atoms with E-state index >= 15 is 0 Å². The molecule has 0 atom stereocenters. The van der Waals surface area contributed by atoms with Gasteiger partial charge in [-0.05, 0) is 38.2 Å². The highest BCUT2D eigenvalue weighted by Gasteiger charge is 1.96. The summed E-state index contributed by atoms with van der Waals surface area (Å²) in [5.74, 6) is 0. The fourth-order valence-corrected chi connectivity index (χ4v) is 2.18. The first-order chi connectivity index (χ1) is 10.3. The average molecular weight is 296 g/mol. The maximum absolute atomic E-state index is 10.9. The summed E-state index contributed by atoms with van der Waals surface area (Å²) in [5.41, 5.74) is 1.03. The highest BCUT2D eigenvalue weighted by Crippen LogP contribution is 2.12. The van der Waals surface area contributed by atoms with Gasteiger partial charge in [-0.15, -0.1) is 0 Å². The van der Waals surface area contributed by atoms with Gasteiger partial charge in [-0.25, -0.2) is 0 Å². The Morgan fingerprint density at radius 2 is 1.24 bits per heavy atom. The lowest BCUT2D eigenvalue weighted by Crippen LogP contribution is -1.87. The van der Waals surface area contributed by atoms with Crippen molar-refractivity contribution in [2.75, 3.05) is 0 Å². The molecule has 0 aliphatic heterocycles. The molecule has 0 spiro atoms. The first-order valence-corrected chi connectivity index (χ1v) is 8.80. The van der Waals surface area contributed by atoms with Crippen LogP contribution in [-0.4, -0.2) is 12.6 Å². The quantitative estimate of drug-likeness (QED) is 0.236. The third-order valence-electron chi connectivity index (χ3n) is 3.43. The van der Waals surface area contributed by atoms with Crippen LogP contribution in [0.2, 0.25) is 0 Å². The Bertz CT molecular complexity index is 244. The van der Waals surface area contributed by atoms with Gasteiger partial charge in [0.25, 0.3) is 0 Å². The Kier molecular flexibility index (Phi) is 22.8. The largest absolute Gasteiger partial charge is 0.304 e. The van der Waals surface area contributed by atoms with Crippen molar-refractivity contribution >= 4 is 12.6 Å². The van der Waals surface area contributed by atoms with Gasteiger partial charge in [0.1, 0.15) is 12.6 Å². The van der Waals surface area contributed by atoms with Crippen LogP contribution in [0.3, 0.4) is 0 Å². The lowest BCUT2D eigenvalue weighted by atomic mass is 10.0. The number of hydrogen-bond acceptors (Lipinski definition) is 2. The topological polar surface area (TPSA) is 34.1 Å². The van der Waals surface area contributed by atoms with E-state index in [2.05, 4.69) is 19.9 Å².